The van der Waals surface area contributed by atoms with Gasteiger partial charge in [0.15, 0.2) is 0 Å². The molecule has 1 N–H and O–H groups in total. The monoisotopic (exact) mass is 275 g/mol. The Kier molecular flexibility index (Phi) is 4.78. The molecule has 4 nitrogen and oxygen atoms in total. The lowest BCUT2D eigenvalue weighted by Crippen LogP contribution is -2.37. The van der Waals surface area contributed by atoms with Crippen LogP contribution in [0.15, 0.2) is 30.3 Å². The zero-order chi connectivity index (χ0) is 14.7. The lowest BCUT2D eigenvalue weighted by molar-refractivity contribution is -0.130. The second-order valence-electron chi connectivity index (χ2n) is 6.04. The number of nitrogens with zero attached hydrogens (tertiary/aromatic N) is 2. The number of benzene rings is 1. The molecule has 20 heavy (non-hydrogen) atoms. The van der Waals surface area contributed by atoms with Gasteiger partial charge in [0.25, 0.3) is 0 Å². The minimum Gasteiger partial charge on any atom is -0.320 e. The maximum atomic E-state index is 12.6. The number of amides is 1. The molecule has 2 atom stereocenters. The summed E-state index contributed by atoms with van der Waals surface area (Å²) in [6.07, 6.45) is -0.00366. The molecule has 1 aromatic rings. The molecule has 0 bridgehead atoms. The van der Waals surface area contributed by atoms with Crippen LogP contribution in [0.3, 0.4) is 0 Å². The number of hydrogen-bond donors (Lipinski definition) is 1. The average molecular weight is 275 g/mol. The largest absolute Gasteiger partial charge is 0.320 e. The van der Waals surface area contributed by atoms with Gasteiger partial charge in [0.2, 0.25) is 5.91 Å². The molecule has 0 aliphatic carbocycles. The van der Waals surface area contributed by atoms with Gasteiger partial charge in [-0.05, 0) is 25.6 Å². The molecule has 0 aromatic heterocycles. The second-order valence-corrected chi connectivity index (χ2v) is 6.04. The van der Waals surface area contributed by atoms with Crippen LogP contribution in [0.2, 0.25) is 0 Å². The zero-order valence-corrected chi connectivity index (χ0v) is 12.8. The fraction of sp³-hybridized carbons (Fsp3) is 0.562. The van der Waals surface area contributed by atoms with Crippen molar-refractivity contribution in [1.29, 1.82) is 0 Å². The molecule has 1 heterocycles. The highest BCUT2D eigenvalue weighted by molar-refractivity contribution is 5.84. The standard InChI is InChI=1S/C16H25N3O/c1-12(2)14-16(20)19(11-10-18(3)4)15(17-14)13-8-6-5-7-9-13/h5-9,12,14-15,17H,10-11H2,1-4H3. The summed E-state index contributed by atoms with van der Waals surface area (Å²) in [6.45, 7) is 5.81. The lowest BCUT2D eigenvalue weighted by Gasteiger charge is -2.26. The third-order valence-corrected chi connectivity index (χ3v) is 3.77. The fourth-order valence-corrected chi connectivity index (χ4v) is 2.57. The van der Waals surface area contributed by atoms with Crippen molar-refractivity contribution in [1.82, 2.24) is 15.1 Å². The maximum absolute atomic E-state index is 12.6. The van der Waals surface area contributed by atoms with Crippen LogP contribution in [0.25, 0.3) is 0 Å². The molecular formula is C16H25N3O. The smallest absolute Gasteiger partial charge is 0.241 e. The Morgan fingerprint density at radius 3 is 2.45 bits per heavy atom. The van der Waals surface area contributed by atoms with Crippen LogP contribution in [-0.4, -0.2) is 48.9 Å². The van der Waals surface area contributed by atoms with Crippen molar-refractivity contribution in [2.45, 2.75) is 26.1 Å². The minimum absolute atomic E-state index is 0.00366. The summed E-state index contributed by atoms with van der Waals surface area (Å²) in [5.74, 6) is 0.522. The molecule has 2 rings (SSSR count). The van der Waals surface area contributed by atoms with Crippen LogP contribution >= 0.6 is 0 Å². The van der Waals surface area contributed by atoms with E-state index in [9.17, 15) is 4.79 Å². The van der Waals surface area contributed by atoms with E-state index in [4.69, 9.17) is 0 Å². The summed E-state index contributed by atoms with van der Waals surface area (Å²) in [5.41, 5.74) is 1.16. The topological polar surface area (TPSA) is 35.6 Å². The van der Waals surface area contributed by atoms with Crippen LogP contribution in [-0.2, 0) is 4.79 Å². The fourth-order valence-electron chi connectivity index (χ4n) is 2.57. The van der Waals surface area contributed by atoms with Gasteiger partial charge in [-0.1, -0.05) is 44.2 Å². The number of carbonyl (C=O) groups excluding carboxylic acids is 1. The first kappa shape index (κ1) is 15.0. The zero-order valence-electron chi connectivity index (χ0n) is 12.8. The highest BCUT2D eigenvalue weighted by atomic mass is 16.2. The molecule has 1 aliphatic heterocycles. The Morgan fingerprint density at radius 1 is 1.25 bits per heavy atom. The van der Waals surface area contributed by atoms with E-state index in [0.717, 1.165) is 18.7 Å². The summed E-state index contributed by atoms with van der Waals surface area (Å²) in [5, 5.41) is 3.49. The van der Waals surface area contributed by atoms with Crippen molar-refractivity contribution >= 4 is 5.91 Å². The van der Waals surface area contributed by atoms with Crippen LogP contribution < -0.4 is 5.32 Å². The molecule has 110 valence electrons. The molecule has 1 aliphatic rings. The van der Waals surface area contributed by atoms with Gasteiger partial charge in [0.1, 0.15) is 6.17 Å². The van der Waals surface area contributed by atoms with Gasteiger partial charge in [-0.2, -0.15) is 0 Å². The molecule has 4 heteroatoms. The van der Waals surface area contributed by atoms with Gasteiger partial charge in [-0.25, -0.2) is 0 Å². The summed E-state index contributed by atoms with van der Waals surface area (Å²) in [6, 6.07) is 10.1. The number of hydrogen-bond acceptors (Lipinski definition) is 3. The van der Waals surface area contributed by atoms with Crippen molar-refractivity contribution in [2.24, 2.45) is 5.92 Å². The molecule has 0 radical (unpaired) electrons. The van der Waals surface area contributed by atoms with E-state index in [2.05, 4.69) is 36.2 Å². The average Bonchev–Trinajstić information content (AvgIpc) is 2.74. The van der Waals surface area contributed by atoms with Crippen molar-refractivity contribution in [3.8, 4) is 0 Å². The Bertz CT molecular complexity index is 444. The van der Waals surface area contributed by atoms with E-state index >= 15 is 0 Å². The molecule has 1 fully saturated rings. The lowest BCUT2D eigenvalue weighted by atomic mass is 10.1. The van der Waals surface area contributed by atoms with Crippen molar-refractivity contribution < 1.29 is 4.79 Å². The number of likely N-dealkylation sites (N-methyl/N-ethyl adjacent to an activating group) is 1. The number of carbonyl (C=O) groups is 1. The molecule has 0 saturated carbocycles. The quantitative estimate of drug-likeness (QED) is 0.888. The van der Waals surface area contributed by atoms with E-state index < -0.39 is 0 Å². The van der Waals surface area contributed by atoms with E-state index in [0.29, 0.717) is 5.92 Å². The first-order valence-electron chi connectivity index (χ1n) is 7.27. The van der Waals surface area contributed by atoms with Gasteiger partial charge < -0.3 is 9.80 Å². The van der Waals surface area contributed by atoms with Crippen molar-refractivity contribution in [3.05, 3.63) is 35.9 Å². The Hall–Kier alpha value is -1.39. The normalized spacial score (nSPS) is 23.1. The predicted molar refractivity (Wildman–Crippen MR) is 81.2 cm³/mol. The molecule has 1 amide bonds. The Labute approximate surface area is 121 Å². The highest BCUT2D eigenvalue weighted by Gasteiger charge is 2.40. The van der Waals surface area contributed by atoms with Crippen LogP contribution in [0.1, 0.15) is 25.6 Å². The predicted octanol–water partition coefficient (Wildman–Crippen LogP) is 1.70. The third kappa shape index (κ3) is 3.19. The summed E-state index contributed by atoms with van der Waals surface area (Å²) < 4.78 is 0. The minimum atomic E-state index is -0.0811. The Morgan fingerprint density at radius 2 is 1.90 bits per heavy atom. The summed E-state index contributed by atoms with van der Waals surface area (Å²) >= 11 is 0. The van der Waals surface area contributed by atoms with Gasteiger partial charge in [0.05, 0.1) is 6.04 Å². The summed E-state index contributed by atoms with van der Waals surface area (Å²) in [4.78, 5) is 16.7. The van der Waals surface area contributed by atoms with Crippen molar-refractivity contribution in [3.63, 3.8) is 0 Å². The van der Waals surface area contributed by atoms with Gasteiger partial charge in [0, 0.05) is 13.1 Å². The number of rotatable bonds is 5. The first-order chi connectivity index (χ1) is 9.50. The van der Waals surface area contributed by atoms with Crippen LogP contribution in [0, 0.1) is 5.92 Å². The Balaban J connectivity index is 2.20. The molecule has 2 unspecified atom stereocenters. The molecular weight excluding hydrogens is 250 g/mol. The molecule has 1 aromatic carbocycles. The van der Waals surface area contributed by atoms with E-state index in [-0.39, 0.29) is 18.1 Å². The SMILES string of the molecule is CC(C)C1NC(c2ccccc2)N(CCN(C)C)C1=O. The van der Waals surface area contributed by atoms with E-state index in [1.165, 1.54) is 0 Å². The van der Waals surface area contributed by atoms with Gasteiger partial charge in [-0.15, -0.1) is 0 Å². The van der Waals surface area contributed by atoms with Crippen LogP contribution in [0.5, 0.6) is 0 Å². The van der Waals surface area contributed by atoms with E-state index in [1.54, 1.807) is 0 Å². The van der Waals surface area contributed by atoms with Crippen molar-refractivity contribution in [2.75, 3.05) is 27.2 Å². The highest BCUT2D eigenvalue weighted by Crippen LogP contribution is 2.27. The first-order valence-corrected chi connectivity index (χ1v) is 7.27. The van der Waals surface area contributed by atoms with E-state index in [1.807, 2.05) is 37.2 Å². The molecule has 1 saturated heterocycles. The third-order valence-electron chi connectivity index (χ3n) is 3.77. The summed E-state index contributed by atoms with van der Waals surface area (Å²) in [7, 11) is 4.07. The molecule has 0 spiro atoms. The second kappa shape index (κ2) is 6.37. The van der Waals surface area contributed by atoms with Crippen LogP contribution in [0.4, 0.5) is 0 Å². The van der Waals surface area contributed by atoms with Gasteiger partial charge in [-0.3, -0.25) is 10.1 Å². The number of nitrogens with one attached hydrogen (secondary N) is 1. The maximum Gasteiger partial charge on any atom is 0.241 e. The van der Waals surface area contributed by atoms with Gasteiger partial charge >= 0.3 is 0 Å².